The molecule has 1 aromatic carbocycles. The molecule has 0 spiro atoms. The van der Waals surface area contributed by atoms with E-state index in [2.05, 4.69) is 10.6 Å². The second kappa shape index (κ2) is 6.33. The van der Waals surface area contributed by atoms with Crippen molar-refractivity contribution in [3.05, 3.63) is 46.2 Å². The highest BCUT2D eigenvalue weighted by atomic mass is 32.1. The maximum Gasteiger partial charge on any atom is 0.339 e. The molecule has 6 nitrogen and oxygen atoms in total. The normalized spacial score (nSPS) is 9.90. The number of carbonyl (C=O) groups is 2. The summed E-state index contributed by atoms with van der Waals surface area (Å²) in [7, 11) is 0. The smallest absolute Gasteiger partial charge is 0.339 e. The van der Waals surface area contributed by atoms with Crippen LogP contribution < -0.4 is 10.6 Å². The number of anilines is 1. The van der Waals surface area contributed by atoms with E-state index in [1.807, 2.05) is 0 Å². The molecule has 1 aromatic heterocycles. The van der Waals surface area contributed by atoms with Gasteiger partial charge in [0.25, 0.3) is 5.91 Å². The third-order valence-corrected chi connectivity index (χ3v) is 3.53. The predicted molar refractivity (Wildman–Crippen MR) is 83.1 cm³/mol. The van der Waals surface area contributed by atoms with E-state index in [1.54, 1.807) is 17.5 Å². The van der Waals surface area contributed by atoms with Crippen molar-refractivity contribution in [1.29, 1.82) is 0 Å². The molecule has 0 fully saturated rings. The van der Waals surface area contributed by atoms with Gasteiger partial charge in [0, 0.05) is 5.69 Å². The first kappa shape index (κ1) is 14.9. The number of aromatic carboxylic acids is 1. The van der Waals surface area contributed by atoms with Crippen molar-refractivity contribution in [2.24, 2.45) is 0 Å². The summed E-state index contributed by atoms with van der Waals surface area (Å²) in [5, 5.41) is 25.3. The fraction of sp³-hybridized carbons (Fsp3) is 0. The van der Waals surface area contributed by atoms with Gasteiger partial charge in [-0.05, 0) is 41.9 Å². The van der Waals surface area contributed by atoms with Crippen LogP contribution in [0.3, 0.4) is 0 Å². The number of rotatable bonds is 3. The Balaban J connectivity index is 2.05. The molecule has 8 heteroatoms. The van der Waals surface area contributed by atoms with E-state index in [0.29, 0.717) is 10.6 Å². The van der Waals surface area contributed by atoms with Crippen LogP contribution in [0.1, 0.15) is 20.0 Å². The molecule has 21 heavy (non-hydrogen) atoms. The SMILES string of the molecule is O=C(NC(=S)Nc1ccc(O)c(C(=O)O)c1)c1cccs1. The second-order valence-electron chi connectivity index (χ2n) is 3.92. The van der Waals surface area contributed by atoms with Gasteiger partial charge in [-0.15, -0.1) is 11.3 Å². The van der Waals surface area contributed by atoms with Crippen molar-refractivity contribution < 1.29 is 19.8 Å². The van der Waals surface area contributed by atoms with Crippen LogP contribution in [0.25, 0.3) is 0 Å². The van der Waals surface area contributed by atoms with Gasteiger partial charge in [0.1, 0.15) is 11.3 Å². The Morgan fingerprint density at radius 3 is 2.62 bits per heavy atom. The van der Waals surface area contributed by atoms with E-state index in [9.17, 15) is 14.7 Å². The number of thiocarbonyl (C=S) groups is 1. The van der Waals surface area contributed by atoms with Crippen molar-refractivity contribution >= 4 is 46.2 Å². The molecule has 0 aliphatic rings. The maximum absolute atomic E-state index is 11.8. The van der Waals surface area contributed by atoms with Crippen LogP contribution in [0.4, 0.5) is 5.69 Å². The summed E-state index contributed by atoms with van der Waals surface area (Å²) in [5.41, 5.74) is 0.0917. The maximum atomic E-state index is 11.8. The van der Waals surface area contributed by atoms with Gasteiger partial charge in [-0.3, -0.25) is 10.1 Å². The van der Waals surface area contributed by atoms with Gasteiger partial charge in [-0.1, -0.05) is 6.07 Å². The summed E-state index contributed by atoms with van der Waals surface area (Å²) >= 11 is 6.26. The number of thiophene rings is 1. The molecule has 1 heterocycles. The lowest BCUT2D eigenvalue weighted by atomic mass is 10.2. The molecule has 2 aromatic rings. The van der Waals surface area contributed by atoms with Gasteiger partial charge in [-0.2, -0.15) is 0 Å². The molecular weight excluding hydrogens is 312 g/mol. The number of benzene rings is 1. The largest absolute Gasteiger partial charge is 0.507 e. The van der Waals surface area contributed by atoms with Gasteiger partial charge in [0.05, 0.1) is 4.88 Å². The summed E-state index contributed by atoms with van der Waals surface area (Å²) < 4.78 is 0. The first-order valence-corrected chi connectivity index (χ1v) is 6.98. The Kier molecular flexibility index (Phi) is 4.51. The van der Waals surface area contributed by atoms with E-state index in [0.717, 1.165) is 0 Å². The highest BCUT2D eigenvalue weighted by Gasteiger charge is 2.12. The summed E-state index contributed by atoms with van der Waals surface area (Å²) in [6.45, 7) is 0. The molecule has 0 radical (unpaired) electrons. The average molecular weight is 322 g/mol. The van der Waals surface area contributed by atoms with Gasteiger partial charge < -0.3 is 15.5 Å². The number of carbonyl (C=O) groups excluding carboxylic acids is 1. The minimum Gasteiger partial charge on any atom is -0.507 e. The monoisotopic (exact) mass is 322 g/mol. The lowest BCUT2D eigenvalue weighted by molar-refractivity contribution is 0.0693. The Labute approximate surface area is 129 Å². The van der Waals surface area contributed by atoms with Gasteiger partial charge in [-0.25, -0.2) is 4.79 Å². The van der Waals surface area contributed by atoms with Crippen LogP contribution in [0.5, 0.6) is 5.75 Å². The second-order valence-corrected chi connectivity index (χ2v) is 5.28. The Hall–Kier alpha value is -2.45. The molecule has 1 amide bonds. The van der Waals surface area contributed by atoms with Crippen LogP contribution in [-0.2, 0) is 0 Å². The molecule has 2 rings (SSSR count). The van der Waals surface area contributed by atoms with Gasteiger partial charge >= 0.3 is 5.97 Å². The van der Waals surface area contributed by atoms with Crippen LogP contribution >= 0.6 is 23.6 Å². The number of aromatic hydroxyl groups is 1. The number of carboxylic acids is 1. The number of amides is 1. The highest BCUT2D eigenvalue weighted by Crippen LogP contribution is 2.21. The van der Waals surface area contributed by atoms with E-state index in [-0.39, 0.29) is 22.3 Å². The van der Waals surface area contributed by atoms with Crippen LogP contribution in [-0.4, -0.2) is 27.2 Å². The fourth-order valence-electron chi connectivity index (χ4n) is 1.52. The van der Waals surface area contributed by atoms with Crippen LogP contribution in [0, 0.1) is 0 Å². The zero-order chi connectivity index (χ0) is 15.4. The quantitative estimate of drug-likeness (QED) is 0.511. The zero-order valence-electron chi connectivity index (χ0n) is 10.5. The predicted octanol–water partition coefficient (Wildman–Crippen LogP) is 2.28. The van der Waals surface area contributed by atoms with E-state index < -0.39 is 5.97 Å². The van der Waals surface area contributed by atoms with Crippen molar-refractivity contribution in [1.82, 2.24) is 5.32 Å². The van der Waals surface area contributed by atoms with Crippen molar-refractivity contribution in [3.8, 4) is 5.75 Å². The summed E-state index contributed by atoms with van der Waals surface area (Å²) in [5.74, 6) is -1.95. The summed E-state index contributed by atoms with van der Waals surface area (Å²) in [6.07, 6.45) is 0. The first-order valence-electron chi connectivity index (χ1n) is 5.69. The van der Waals surface area contributed by atoms with Gasteiger partial charge in [0.15, 0.2) is 5.11 Å². The Morgan fingerprint density at radius 1 is 1.24 bits per heavy atom. The summed E-state index contributed by atoms with van der Waals surface area (Å²) in [4.78, 5) is 23.2. The molecule has 0 saturated heterocycles. The van der Waals surface area contributed by atoms with E-state index in [4.69, 9.17) is 17.3 Å². The number of carboxylic acid groups (broad SMARTS) is 1. The molecule has 0 unspecified atom stereocenters. The third-order valence-electron chi connectivity index (χ3n) is 2.46. The number of hydrogen-bond acceptors (Lipinski definition) is 5. The minimum atomic E-state index is -1.26. The average Bonchev–Trinajstić information content (AvgIpc) is 2.94. The van der Waals surface area contributed by atoms with Crippen molar-refractivity contribution in [2.45, 2.75) is 0 Å². The molecule has 4 N–H and O–H groups in total. The number of phenols is 1. The molecule has 0 aliphatic carbocycles. The van der Waals surface area contributed by atoms with E-state index >= 15 is 0 Å². The molecule has 0 saturated carbocycles. The Morgan fingerprint density at radius 2 is 2.00 bits per heavy atom. The number of nitrogens with one attached hydrogen (secondary N) is 2. The van der Waals surface area contributed by atoms with Crippen molar-refractivity contribution in [3.63, 3.8) is 0 Å². The molecule has 108 valence electrons. The van der Waals surface area contributed by atoms with Crippen molar-refractivity contribution in [2.75, 3.05) is 5.32 Å². The highest BCUT2D eigenvalue weighted by molar-refractivity contribution is 7.80. The van der Waals surface area contributed by atoms with Crippen LogP contribution in [0.15, 0.2) is 35.7 Å². The lowest BCUT2D eigenvalue weighted by Crippen LogP contribution is -2.33. The first-order chi connectivity index (χ1) is 9.97. The minimum absolute atomic E-state index is 0.0374. The fourth-order valence-corrected chi connectivity index (χ4v) is 2.35. The van der Waals surface area contributed by atoms with Crippen LogP contribution in [0.2, 0.25) is 0 Å². The molecule has 0 atom stereocenters. The standard InChI is InChI=1S/C13H10N2O4S2/c16-9-4-3-7(6-8(9)12(18)19)14-13(20)15-11(17)10-2-1-5-21-10/h1-6,16H,(H,18,19)(H2,14,15,17,20). The molecule has 0 bridgehead atoms. The summed E-state index contributed by atoms with van der Waals surface area (Å²) in [6, 6.07) is 7.31. The zero-order valence-corrected chi connectivity index (χ0v) is 12.1. The lowest BCUT2D eigenvalue weighted by Gasteiger charge is -2.10. The van der Waals surface area contributed by atoms with E-state index in [1.165, 1.54) is 29.5 Å². The number of hydrogen-bond donors (Lipinski definition) is 4. The van der Waals surface area contributed by atoms with Gasteiger partial charge in [0.2, 0.25) is 0 Å². The molecular formula is C13H10N2O4S2. The topological polar surface area (TPSA) is 98.7 Å². The third kappa shape index (κ3) is 3.77. The molecule has 0 aliphatic heterocycles. The Bertz CT molecular complexity index is 698.